The van der Waals surface area contributed by atoms with Crippen molar-refractivity contribution in [3.8, 4) is 6.07 Å². The van der Waals surface area contributed by atoms with Crippen molar-refractivity contribution in [2.45, 2.75) is 6.92 Å². The fraction of sp³-hybridized carbons (Fsp3) is 0.0769. The van der Waals surface area contributed by atoms with Crippen LogP contribution < -0.4 is 5.32 Å². The minimum atomic E-state index is 0.408. The van der Waals surface area contributed by atoms with E-state index in [0.717, 1.165) is 11.4 Å². The van der Waals surface area contributed by atoms with Crippen molar-refractivity contribution in [1.82, 2.24) is 4.98 Å². The van der Waals surface area contributed by atoms with Crippen molar-refractivity contribution in [2.75, 3.05) is 5.32 Å². The van der Waals surface area contributed by atoms with Crippen molar-refractivity contribution in [2.24, 2.45) is 0 Å². The maximum atomic E-state index is 8.97. The molecule has 0 atom stereocenters. The Balaban J connectivity index is 2.39. The highest BCUT2D eigenvalue weighted by atomic mass is 127. The Hall–Kier alpha value is -1.61. The fourth-order valence-electron chi connectivity index (χ4n) is 1.48. The van der Waals surface area contributed by atoms with Gasteiger partial charge in [-0.1, -0.05) is 6.07 Å². The fourth-order valence-corrected chi connectivity index (χ4v) is 1.98. The molecule has 0 aliphatic rings. The maximum absolute atomic E-state index is 8.97. The van der Waals surface area contributed by atoms with Crippen LogP contribution in [0.25, 0.3) is 0 Å². The number of nitriles is 1. The van der Waals surface area contributed by atoms with Crippen LogP contribution in [-0.4, -0.2) is 4.98 Å². The highest BCUT2D eigenvalue weighted by Crippen LogP contribution is 2.25. The zero-order valence-electron chi connectivity index (χ0n) is 9.24. The highest BCUT2D eigenvalue weighted by Gasteiger charge is 2.05. The van der Waals surface area contributed by atoms with Crippen molar-refractivity contribution in [3.05, 3.63) is 51.4 Å². The summed E-state index contributed by atoms with van der Waals surface area (Å²) in [6, 6.07) is 11.8. The van der Waals surface area contributed by atoms with Crippen LogP contribution in [0, 0.1) is 21.8 Å². The second-order valence-corrected chi connectivity index (χ2v) is 4.71. The summed E-state index contributed by atoms with van der Waals surface area (Å²) in [4.78, 5) is 4.02. The third kappa shape index (κ3) is 2.56. The lowest BCUT2D eigenvalue weighted by molar-refractivity contribution is 1.25. The molecule has 84 valence electrons. The minimum absolute atomic E-state index is 0.408. The largest absolute Gasteiger partial charge is 0.353 e. The van der Waals surface area contributed by atoms with Gasteiger partial charge in [0.05, 0.1) is 5.69 Å². The molecule has 0 amide bonds. The monoisotopic (exact) mass is 335 g/mol. The van der Waals surface area contributed by atoms with E-state index in [4.69, 9.17) is 5.26 Å². The molecular weight excluding hydrogens is 325 g/mol. The number of nitrogens with one attached hydrogen (secondary N) is 1. The van der Waals surface area contributed by atoms with Crippen LogP contribution in [0.4, 0.5) is 11.4 Å². The first-order valence-electron chi connectivity index (χ1n) is 5.09. The first-order valence-corrected chi connectivity index (χ1v) is 6.17. The third-order valence-corrected chi connectivity index (χ3v) is 3.62. The molecule has 0 saturated carbocycles. The van der Waals surface area contributed by atoms with E-state index >= 15 is 0 Å². The minimum Gasteiger partial charge on any atom is -0.353 e. The predicted octanol–water partition coefficient (Wildman–Crippen LogP) is 3.61. The topological polar surface area (TPSA) is 48.7 Å². The zero-order valence-corrected chi connectivity index (χ0v) is 11.4. The molecule has 0 aliphatic carbocycles. The molecule has 0 saturated heterocycles. The van der Waals surface area contributed by atoms with Crippen LogP contribution in [-0.2, 0) is 0 Å². The molecule has 3 nitrogen and oxygen atoms in total. The van der Waals surface area contributed by atoms with E-state index in [2.05, 4.69) is 45.0 Å². The molecule has 2 rings (SSSR count). The average Bonchev–Trinajstić information content (AvgIpc) is 2.35. The van der Waals surface area contributed by atoms with Crippen molar-refractivity contribution in [3.63, 3.8) is 0 Å². The molecule has 0 aliphatic heterocycles. The van der Waals surface area contributed by atoms with Gasteiger partial charge in [0.25, 0.3) is 0 Å². The molecule has 0 radical (unpaired) electrons. The van der Waals surface area contributed by atoms with E-state index in [9.17, 15) is 0 Å². The molecule has 2 aromatic rings. The lowest BCUT2D eigenvalue weighted by Crippen LogP contribution is -1.98. The van der Waals surface area contributed by atoms with Gasteiger partial charge in [-0.3, -0.25) is 0 Å². The molecule has 0 bridgehead atoms. The Kier molecular flexibility index (Phi) is 3.59. The Labute approximate surface area is 114 Å². The van der Waals surface area contributed by atoms with Gasteiger partial charge in [0, 0.05) is 15.5 Å². The van der Waals surface area contributed by atoms with Crippen LogP contribution in [0.2, 0.25) is 0 Å². The summed E-state index contributed by atoms with van der Waals surface area (Å²) in [5, 5.41) is 12.2. The van der Waals surface area contributed by atoms with Gasteiger partial charge in [-0.25, -0.2) is 4.98 Å². The van der Waals surface area contributed by atoms with E-state index in [0.29, 0.717) is 5.69 Å². The summed E-state index contributed by atoms with van der Waals surface area (Å²) in [6.45, 7) is 2.05. The number of rotatable bonds is 2. The summed E-state index contributed by atoms with van der Waals surface area (Å²) in [5.41, 5.74) is 3.31. The number of nitrogens with zero attached hydrogens (tertiary/aromatic N) is 2. The van der Waals surface area contributed by atoms with Gasteiger partial charge < -0.3 is 5.32 Å². The van der Waals surface area contributed by atoms with E-state index in [1.54, 1.807) is 6.20 Å². The standard InChI is InChI=1S/C13H10IN3/c1-9-10(14)4-2-5-11(9)17-12-6-3-7-16-13(12)8-15/h2-7,17H,1H3. The molecular formula is C13H10IN3. The highest BCUT2D eigenvalue weighted by molar-refractivity contribution is 14.1. The lowest BCUT2D eigenvalue weighted by atomic mass is 10.2. The smallest absolute Gasteiger partial charge is 0.163 e. The van der Waals surface area contributed by atoms with Crippen molar-refractivity contribution >= 4 is 34.0 Å². The second-order valence-electron chi connectivity index (χ2n) is 3.55. The molecule has 0 spiro atoms. The summed E-state index contributed by atoms with van der Waals surface area (Å²) in [6.07, 6.45) is 1.62. The predicted molar refractivity (Wildman–Crippen MR) is 76.1 cm³/mol. The molecule has 1 N–H and O–H groups in total. The van der Waals surface area contributed by atoms with Gasteiger partial charge >= 0.3 is 0 Å². The summed E-state index contributed by atoms with van der Waals surface area (Å²) < 4.78 is 1.19. The first kappa shape index (κ1) is 11.9. The Morgan fingerprint density at radius 1 is 1.24 bits per heavy atom. The van der Waals surface area contributed by atoms with E-state index < -0.39 is 0 Å². The number of hydrogen-bond donors (Lipinski definition) is 1. The lowest BCUT2D eigenvalue weighted by Gasteiger charge is -2.11. The first-order chi connectivity index (χ1) is 8.22. The molecule has 1 aromatic heterocycles. The van der Waals surface area contributed by atoms with Crippen LogP contribution in [0.15, 0.2) is 36.5 Å². The number of halogens is 1. The third-order valence-electron chi connectivity index (χ3n) is 2.45. The summed E-state index contributed by atoms with van der Waals surface area (Å²) in [7, 11) is 0. The van der Waals surface area contributed by atoms with Crippen LogP contribution in [0.1, 0.15) is 11.3 Å². The van der Waals surface area contributed by atoms with Crippen molar-refractivity contribution < 1.29 is 0 Å². The van der Waals surface area contributed by atoms with Crippen LogP contribution in [0.5, 0.6) is 0 Å². The number of aromatic nitrogens is 1. The quantitative estimate of drug-likeness (QED) is 0.853. The Morgan fingerprint density at radius 3 is 2.76 bits per heavy atom. The number of pyridine rings is 1. The zero-order chi connectivity index (χ0) is 12.3. The molecule has 1 heterocycles. The Morgan fingerprint density at radius 2 is 2.00 bits per heavy atom. The number of benzene rings is 1. The molecule has 0 fully saturated rings. The number of anilines is 2. The molecule has 0 unspecified atom stereocenters. The maximum Gasteiger partial charge on any atom is 0.163 e. The second kappa shape index (κ2) is 5.15. The molecule has 17 heavy (non-hydrogen) atoms. The molecule has 1 aromatic carbocycles. The summed E-state index contributed by atoms with van der Waals surface area (Å²) >= 11 is 2.29. The van der Waals surface area contributed by atoms with Gasteiger partial charge in [-0.15, -0.1) is 0 Å². The Bertz CT molecular complexity index is 587. The van der Waals surface area contributed by atoms with Gasteiger partial charge in [0.1, 0.15) is 6.07 Å². The summed E-state index contributed by atoms with van der Waals surface area (Å²) in [5.74, 6) is 0. The normalized spacial score (nSPS) is 9.71. The van der Waals surface area contributed by atoms with Gasteiger partial charge in [0.2, 0.25) is 0 Å². The van der Waals surface area contributed by atoms with Crippen LogP contribution in [0.3, 0.4) is 0 Å². The van der Waals surface area contributed by atoms with E-state index in [1.807, 2.05) is 31.2 Å². The number of hydrogen-bond acceptors (Lipinski definition) is 3. The average molecular weight is 335 g/mol. The van der Waals surface area contributed by atoms with Gasteiger partial charge in [-0.05, 0) is 59.3 Å². The van der Waals surface area contributed by atoms with Gasteiger partial charge in [0.15, 0.2) is 5.69 Å². The molecule has 4 heteroatoms. The van der Waals surface area contributed by atoms with E-state index in [-0.39, 0.29) is 0 Å². The van der Waals surface area contributed by atoms with Crippen molar-refractivity contribution in [1.29, 1.82) is 5.26 Å². The van der Waals surface area contributed by atoms with Crippen LogP contribution >= 0.6 is 22.6 Å². The van der Waals surface area contributed by atoms with E-state index in [1.165, 1.54) is 9.13 Å². The van der Waals surface area contributed by atoms with Gasteiger partial charge in [-0.2, -0.15) is 5.26 Å². The SMILES string of the molecule is Cc1c(I)cccc1Nc1cccnc1C#N.